The highest BCUT2D eigenvalue weighted by atomic mass is 127. The maximum Gasteiger partial charge on any atom is 0.0593 e. The van der Waals surface area contributed by atoms with Crippen LogP contribution in [0.3, 0.4) is 0 Å². The number of hydrogen-bond donors (Lipinski definition) is 0. The molecule has 0 aliphatic carbocycles. The Morgan fingerprint density at radius 1 is 1.55 bits per heavy atom. The Hall–Kier alpha value is 0.650. The SMILES string of the molecule is CC1CCOCCN1CCI. The molecule has 0 saturated carbocycles. The lowest BCUT2D eigenvalue weighted by molar-refractivity contribution is 0.142. The van der Waals surface area contributed by atoms with Crippen LogP contribution in [-0.2, 0) is 4.74 Å². The summed E-state index contributed by atoms with van der Waals surface area (Å²) in [5, 5.41) is 0. The standard InChI is InChI=1S/C8H16INO/c1-8-2-6-11-7-5-10(8)4-3-9/h8H,2-7H2,1H3. The van der Waals surface area contributed by atoms with E-state index in [2.05, 4.69) is 34.4 Å². The van der Waals surface area contributed by atoms with E-state index in [1.165, 1.54) is 17.4 Å². The van der Waals surface area contributed by atoms with Gasteiger partial charge in [-0.3, -0.25) is 4.90 Å². The first-order valence-corrected chi connectivity index (χ1v) is 5.75. The van der Waals surface area contributed by atoms with Crippen LogP contribution in [0.25, 0.3) is 0 Å². The normalized spacial score (nSPS) is 28.4. The first kappa shape index (κ1) is 9.74. The van der Waals surface area contributed by atoms with E-state index >= 15 is 0 Å². The van der Waals surface area contributed by atoms with Crippen LogP contribution in [0.15, 0.2) is 0 Å². The summed E-state index contributed by atoms with van der Waals surface area (Å²) in [5.41, 5.74) is 0. The lowest BCUT2D eigenvalue weighted by Crippen LogP contribution is -2.35. The van der Waals surface area contributed by atoms with Crippen LogP contribution in [0.1, 0.15) is 13.3 Å². The van der Waals surface area contributed by atoms with Crippen LogP contribution in [0.2, 0.25) is 0 Å². The van der Waals surface area contributed by atoms with Crippen molar-refractivity contribution in [3.63, 3.8) is 0 Å². The molecule has 0 N–H and O–H groups in total. The first-order chi connectivity index (χ1) is 5.34. The van der Waals surface area contributed by atoms with Gasteiger partial charge in [-0.2, -0.15) is 0 Å². The van der Waals surface area contributed by atoms with Crippen molar-refractivity contribution in [2.24, 2.45) is 0 Å². The van der Waals surface area contributed by atoms with Crippen molar-refractivity contribution in [3.05, 3.63) is 0 Å². The number of nitrogens with zero attached hydrogens (tertiary/aromatic N) is 1. The number of ether oxygens (including phenoxy) is 1. The Bertz CT molecular complexity index is 110. The maximum absolute atomic E-state index is 5.40. The van der Waals surface area contributed by atoms with Crippen molar-refractivity contribution in [2.45, 2.75) is 19.4 Å². The Balaban J connectivity index is 2.32. The molecule has 1 saturated heterocycles. The highest BCUT2D eigenvalue weighted by Crippen LogP contribution is 2.08. The molecule has 3 heteroatoms. The molecule has 0 amide bonds. The maximum atomic E-state index is 5.40. The lowest BCUT2D eigenvalue weighted by atomic mass is 10.2. The van der Waals surface area contributed by atoms with E-state index in [9.17, 15) is 0 Å². The van der Waals surface area contributed by atoms with Gasteiger partial charge in [0.1, 0.15) is 0 Å². The molecule has 0 bridgehead atoms. The monoisotopic (exact) mass is 269 g/mol. The van der Waals surface area contributed by atoms with Crippen LogP contribution < -0.4 is 0 Å². The van der Waals surface area contributed by atoms with Crippen LogP contribution in [0.5, 0.6) is 0 Å². The minimum absolute atomic E-state index is 0.715. The average Bonchev–Trinajstić information content (AvgIpc) is 2.18. The Morgan fingerprint density at radius 2 is 2.36 bits per heavy atom. The second-order valence-corrected chi connectivity index (χ2v) is 4.05. The molecule has 11 heavy (non-hydrogen) atoms. The molecule has 1 heterocycles. The molecule has 0 aromatic heterocycles. The fraction of sp³-hybridized carbons (Fsp3) is 1.00. The molecule has 1 aliphatic heterocycles. The molecule has 1 aliphatic rings. The number of alkyl halides is 1. The van der Waals surface area contributed by atoms with E-state index < -0.39 is 0 Å². The third-order valence-electron chi connectivity index (χ3n) is 2.20. The third-order valence-corrected chi connectivity index (χ3v) is 2.68. The van der Waals surface area contributed by atoms with Crippen molar-refractivity contribution in [1.29, 1.82) is 0 Å². The fourth-order valence-electron chi connectivity index (χ4n) is 1.38. The van der Waals surface area contributed by atoms with Crippen molar-refractivity contribution in [1.82, 2.24) is 4.90 Å². The van der Waals surface area contributed by atoms with Gasteiger partial charge in [-0.15, -0.1) is 0 Å². The van der Waals surface area contributed by atoms with Crippen LogP contribution in [0, 0.1) is 0 Å². The summed E-state index contributed by atoms with van der Waals surface area (Å²) >= 11 is 2.43. The van der Waals surface area contributed by atoms with Crippen molar-refractivity contribution >= 4 is 22.6 Å². The summed E-state index contributed by atoms with van der Waals surface area (Å²) in [6.45, 7) is 6.48. The lowest BCUT2D eigenvalue weighted by Gasteiger charge is -2.24. The van der Waals surface area contributed by atoms with Gasteiger partial charge in [-0.25, -0.2) is 0 Å². The van der Waals surface area contributed by atoms with Gasteiger partial charge >= 0.3 is 0 Å². The molecule has 0 aromatic carbocycles. The summed E-state index contributed by atoms with van der Waals surface area (Å²) in [6.07, 6.45) is 1.19. The Labute approximate surface area is 82.4 Å². The summed E-state index contributed by atoms with van der Waals surface area (Å²) in [6, 6.07) is 0.715. The van der Waals surface area contributed by atoms with Crippen molar-refractivity contribution in [2.75, 3.05) is 30.7 Å². The Kier molecular flexibility index (Phi) is 4.71. The highest BCUT2D eigenvalue weighted by molar-refractivity contribution is 14.1. The topological polar surface area (TPSA) is 12.5 Å². The second kappa shape index (κ2) is 5.32. The zero-order valence-electron chi connectivity index (χ0n) is 7.05. The van der Waals surface area contributed by atoms with E-state index in [-0.39, 0.29) is 0 Å². The zero-order valence-corrected chi connectivity index (χ0v) is 9.21. The summed E-state index contributed by atoms with van der Waals surface area (Å²) < 4.78 is 6.62. The van der Waals surface area contributed by atoms with Gasteiger partial charge < -0.3 is 4.74 Å². The smallest absolute Gasteiger partial charge is 0.0593 e. The number of hydrogen-bond acceptors (Lipinski definition) is 2. The van der Waals surface area contributed by atoms with Crippen LogP contribution >= 0.6 is 22.6 Å². The van der Waals surface area contributed by atoms with E-state index in [0.29, 0.717) is 6.04 Å². The van der Waals surface area contributed by atoms with Crippen LogP contribution in [0.4, 0.5) is 0 Å². The third kappa shape index (κ3) is 3.25. The van der Waals surface area contributed by atoms with Gasteiger partial charge in [-0.05, 0) is 13.3 Å². The minimum Gasteiger partial charge on any atom is -0.380 e. The molecule has 0 radical (unpaired) electrons. The molecule has 1 unspecified atom stereocenters. The molecule has 2 nitrogen and oxygen atoms in total. The van der Waals surface area contributed by atoms with Gasteiger partial charge in [0.2, 0.25) is 0 Å². The summed E-state index contributed by atoms with van der Waals surface area (Å²) in [7, 11) is 0. The molecular formula is C8H16INO. The zero-order chi connectivity index (χ0) is 8.10. The molecule has 66 valence electrons. The number of halogens is 1. The van der Waals surface area contributed by atoms with E-state index in [1.807, 2.05) is 0 Å². The summed E-state index contributed by atoms with van der Waals surface area (Å²) in [4.78, 5) is 2.51. The second-order valence-electron chi connectivity index (χ2n) is 2.98. The van der Waals surface area contributed by atoms with Gasteiger partial charge in [0.15, 0.2) is 0 Å². The largest absolute Gasteiger partial charge is 0.380 e. The van der Waals surface area contributed by atoms with E-state index in [4.69, 9.17) is 4.74 Å². The molecule has 1 atom stereocenters. The van der Waals surface area contributed by atoms with E-state index in [0.717, 1.165) is 19.8 Å². The van der Waals surface area contributed by atoms with Gasteiger partial charge in [0.25, 0.3) is 0 Å². The van der Waals surface area contributed by atoms with Crippen LogP contribution in [-0.4, -0.2) is 41.7 Å². The molecule has 1 rings (SSSR count). The van der Waals surface area contributed by atoms with Crippen molar-refractivity contribution in [3.8, 4) is 0 Å². The number of rotatable bonds is 2. The van der Waals surface area contributed by atoms with Gasteiger partial charge in [0.05, 0.1) is 6.61 Å². The van der Waals surface area contributed by atoms with Crippen molar-refractivity contribution < 1.29 is 4.74 Å². The van der Waals surface area contributed by atoms with Gasteiger partial charge in [0, 0.05) is 30.2 Å². The molecule has 0 aromatic rings. The summed E-state index contributed by atoms with van der Waals surface area (Å²) in [5.74, 6) is 0. The molecular weight excluding hydrogens is 253 g/mol. The average molecular weight is 269 g/mol. The predicted octanol–water partition coefficient (Wildman–Crippen LogP) is 1.53. The first-order valence-electron chi connectivity index (χ1n) is 4.22. The molecule has 1 fully saturated rings. The minimum atomic E-state index is 0.715. The predicted molar refractivity (Wildman–Crippen MR) is 55.4 cm³/mol. The quantitative estimate of drug-likeness (QED) is 0.557. The Morgan fingerprint density at radius 3 is 3.09 bits per heavy atom. The molecule has 0 spiro atoms. The van der Waals surface area contributed by atoms with E-state index in [1.54, 1.807) is 0 Å². The fourth-order valence-corrected chi connectivity index (χ4v) is 2.00. The van der Waals surface area contributed by atoms with Gasteiger partial charge in [-0.1, -0.05) is 22.6 Å². The highest BCUT2D eigenvalue weighted by Gasteiger charge is 2.15.